The van der Waals surface area contributed by atoms with E-state index in [0.29, 0.717) is 11.7 Å². The standard InChI is InChI=1S/C22H25N3OS2/c1-13(2)15-9-6-7-14(3)20(15)25-18(26)11-27-21-19-16-8-4-5-10-17(16)28-22(19)24-12-23-21/h6-7,9,12-13H,4-5,8,10-11H2,1-3H3,(H,25,26). The lowest BCUT2D eigenvalue weighted by Crippen LogP contribution is -2.16. The first-order valence-corrected chi connectivity index (χ1v) is 11.6. The Morgan fingerprint density at radius 1 is 1.25 bits per heavy atom. The summed E-state index contributed by atoms with van der Waals surface area (Å²) in [5.74, 6) is 0.724. The molecule has 2 heterocycles. The lowest BCUT2D eigenvalue weighted by molar-refractivity contribution is -0.113. The molecule has 0 aliphatic heterocycles. The third-order valence-electron chi connectivity index (χ3n) is 5.25. The summed E-state index contributed by atoms with van der Waals surface area (Å²) in [4.78, 5) is 24.2. The molecule has 0 saturated carbocycles. The topological polar surface area (TPSA) is 54.9 Å². The van der Waals surface area contributed by atoms with Gasteiger partial charge in [-0.2, -0.15) is 0 Å². The fraction of sp³-hybridized carbons (Fsp3) is 0.409. The van der Waals surface area contributed by atoms with Crippen molar-refractivity contribution >= 4 is 44.9 Å². The van der Waals surface area contributed by atoms with Crippen molar-refractivity contribution < 1.29 is 4.79 Å². The Labute approximate surface area is 174 Å². The predicted octanol–water partition coefficient (Wildman–Crippen LogP) is 5.73. The van der Waals surface area contributed by atoms with Gasteiger partial charge < -0.3 is 5.32 Å². The number of carbonyl (C=O) groups is 1. The van der Waals surface area contributed by atoms with Crippen molar-refractivity contribution in [2.75, 3.05) is 11.1 Å². The number of para-hydroxylation sites is 1. The van der Waals surface area contributed by atoms with E-state index in [4.69, 9.17) is 0 Å². The van der Waals surface area contributed by atoms with E-state index in [0.717, 1.165) is 33.9 Å². The number of fused-ring (bicyclic) bond motifs is 3. The third-order valence-corrected chi connectivity index (χ3v) is 7.44. The largest absolute Gasteiger partial charge is 0.325 e. The number of hydrogen-bond acceptors (Lipinski definition) is 5. The number of aromatic nitrogens is 2. The minimum absolute atomic E-state index is 0.0112. The lowest BCUT2D eigenvalue weighted by atomic mass is 9.97. The number of nitrogens with one attached hydrogen (secondary N) is 1. The van der Waals surface area contributed by atoms with Gasteiger partial charge in [0.05, 0.1) is 5.75 Å². The Bertz CT molecular complexity index is 1030. The van der Waals surface area contributed by atoms with Crippen LogP contribution in [0.5, 0.6) is 0 Å². The van der Waals surface area contributed by atoms with Crippen molar-refractivity contribution in [3.05, 3.63) is 46.1 Å². The van der Waals surface area contributed by atoms with E-state index >= 15 is 0 Å². The number of anilines is 1. The number of hydrogen-bond donors (Lipinski definition) is 1. The number of rotatable bonds is 5. The molecule has 0 radical (unpaired) electrons. The van der Waals surface area contributed by atoms with Gasteiger partial charge >= 0.3 is 0 Å². The van der Waals surface area contributed by atoms with Gasteiger partial charge in [0.15, 0.2) is 0 Å². The fourth-order valence-corrected chi connectivity index (χ4v) is 5.94. The Kier molecular flexibility index (Phi) is 5.69. The van der Waals surface area contributed by atoms with E-state index in [9.17, 15) is 4.79 Å². The third kappa shape index (κ3) is 3.80. The number of benzene rings is 1. The number of nitrogens with zero attached hydrogens (tertiary/aromatic N) is 2. The Hall–Kier alpha value is -1.92. The minimum Gasteiger partial charge on any atom is -0.325 e. The normalized spacial score (nSPS) is 13.7. The molecule has 0 spiro atoms. The molecule has 0 bridgehead atoms. The average molecular weight is 412 g/mol. The zero-order valence-electron chi connectivity index (χ0n) is 16.5. The van der Waals surface area contributed by atoms with Crippen LogP contribution in [0.3, 0.4) is 0 Å². The van der Waals surface area contributed by atoms with Crippen LogP contribution in [0.4, 0.5) is 5.69 Å². The Morgan fingerprint density at radius 2 is 2.07 bits per heavy atom. The lowest BCUT2D eigenvalue weighted by Gasteiger charge is -2.16. The molecule has 0 fully saturated rings. The molecule has 0 saturated heterocycles. The van der Waals surface area contributed by atoms with Crippen molar-refractivity contribution in [2.24, 2.45) is 0 Å². The highest BCUT2D eigenvalue weighted by Gasteiger charge is 2.20. The van der Waals surface area contributed by atoms with Crippen LogP contribution in [0.2, 0.25) is 0 Å². The highest BCUT2D eigenvalue weighted by Crippen LogP contribution is 2.39. The first kappa shape index (κ1) is 19.4. The fourth-order valence-electron chi connectivity index (χ4n) is 3.82. The number of aryl methyl sites for hydroxylation is 3. The van der Waals surface area contributed by atoms with E-state index in [1.807, 2.05) is 19.1 Å². The number of thioether (sulfide) groups is 1. The van der Waals surface area contributed by atoms with E-state index in [1.165, 1.54) is 46.0 Å². The quantitative estimate of drug-likeness (QED) is 0.430. The van der Waals surface area contributed by atoms with Crippen molar-refractivity contribution in [3.8, 4) is 0 Å². The molecule has 2 aromatic heterocycles. The summed E-state index contributed by atoms with van der Waals surface area (Å²) in [6, 6.07) is 6.18. The summed E-state index contributed by atoms with van der Waals surface area (Å²) >= 11 is 3.31. The maximum atomic E-state index is 12.7. The van der Waals surface area contributed by atoms with Crippen LogP contribution in [0.1, 0.15) is 54.2 Å². The van der Waals surface area contributed by atoms with Gasteiger partial charge in [0.25, 0.3) is 0 Å². The van der Waals surface area contributed by atoms with E-state index in [2.05, 4.69) is 35.2 Å². The van der Waals surface area contributed by atoms with Gasteiger partial charge in [-0.05, 0) is 55.2 Å². The summed E-state index contributed by atoms with van der Waals surface area (Å²) < 4.78 is 0. The SMILES string of the molecule is Cc1cccc(C(C)C)c1NC(=O)CSc1ncnc2sc3c(c12)CCCC3. The maximum absolute atomic E-state index is 12.7. The molecule has 6 heteroatoms. The van der Waals surface area contributed by atoms with E-state index in [1.54, 1.807) is 17.7 Å². The molecule has 0 atom stereocenters. The van der Waals surface area contributed by atoms with Crippen LogP contribution in [-0.4, -0.2) is 21.6 Å². The highest BCUT2D eigenvalue weighted by atomic mass is 32.2. The summed E-state index contributed by atoms with van der Waals surface area (Å²) in [6.45, 7) is 6.34. The van der Waals surface area contributed by atoms with Crippen molar-refractivity contribution in [1.82, 2.24) is 9.97 Å². The van der Waals surface area contributed by atoms with Crippen LogP contribution in [0.25, 0.3) is 10.2 Å². The molecule has 0 unspecified atom stereocenters. The molecular weight excluding hydrogens is 386 g/mol. The summed E-state index contributed by atoms with van der Waals surface area (Å²) in [5.41, 5.74) is 4.63. The molecular formula is C22H25N3OS2. The van der Waals surface area contributed by atoms with Gasteiger partial charge in [-0.1, -0.05) is 43.8 Å². The van der Waals surface area contributed by atoms with Crippen LogP contribution >= 0.6 is 23.1 Å². The van der Waals surface area contributed by atoms with Crippen LogP contribution < -0.4 is 5.32 Å². The molecule has 146 valence electrons. The number of carbonyl (C=O) groups excluding carboxylic acids is 1. The second kappa shape index (κ2) is 8.21. The molecule has 1 aliphatic carbocycles. The molecule has 1 aliphatic rings. The Morgan fingerprint density at radius 3 is 2.89 bits per heavy atom. The molecule has 1 amide bonds. The molecule has 1 aromatic carbocycles. The summed E-state index contributed by atoms with van der Waals surface area (Å²) in [5, 5.41) is 5.25. The summed E-state index contributed by atoms with van der Waals surface area (Å²) in [7, 11) is 0. The van der Waals surface area contributed by atoms with Crippen molar-refractivity contribution in [3.63, 3.8) is 0 Å². The van der Waals surface area contributed by atoms with E-state index < -0.39 is 0 Å². The van der Waals surface area contributed by atoms with Gasteiger partial charge in [-0.25, -0.2) is 9.97 Å². The van der Waals surface area contributed by atoms with Crippen LogP contribution in [-0.2, 0) is 17.6 Å². The van der Waals surface area contributed by atoms with Gasteiger partial charge in [-0.3, -0.25) is 4.79 Å². The second-order valence-electron chi connectivity index (χ2n) is 7.60. The molecule has 4 nitrogen and oxygen atoms in total. The highest BCUT2D eigenvalue weighted by molar-refractivity contribution is 8.00. The summed E-state index contributed by atoms with van der Waals surface area (Å²) in [6.07, 6.45) is 6.36. The zero-order chi connectivity index (χ0) is 19.7. The monoisotopic (exact) mass is 411 g/mol. The van der Waals surface area contributed by atoms with Crippen LogP contribution in [0.15, 0.2) is 29.6 Å². The first-order valence-electron chi connectivity index (χ1n) is 9.82. The van der Waals surface area contributed by atoms with Gasteiger partial charge in [0, 0.05) is 16.0 Å². The Balaban J connectivity index is 1.53. The molecule has 4 rings (SSSR count). The molecule has 1 N–H and O–H groups in total. The minimum atomic E-state index is 0.0112. The number of thiophene rings is 1. The van der Waals surface area contributed by atoms with Crippen LogP contribution in [0, 0.1) is 6.92 Å². The smallest absolute Gasteiger partial charge is 0.234 e. The van der Waals surface area contributed by atoms with Gasteiger partial charge in [-0.15, -0.1) is 11.3 Å². The van der Waals surface area contributed by atoms with Crippen molar-refractivity contribution in [1.29, 1.82) is 0 Å². The average Bonchev–Trinajstić information content (AvgIpc) is 3.07. The second-order valence-corrected chi connectivity index (χ2v) is 9.65. The van der Waals surface area contributed by atoms with Gasteiger partial charge in [0.1, 0.15) is 16.2 Å². The van der Waals surface area contributed by atoms with Gasteiger partial charge in [0.2, 0.25) is 5.91 Å². The zero-order valence-corrected chi connectivity index (χ0v) is 18.2. The van der Waals surface area contributed by atoms with Crippen molar-refractivity contribution in [2.45, 2.75) is 57.4 Å². The first-order chi connectivity index (χ1) is 13.5. The molecule has 28 heavy (non-hydrogen) atoms. The predicted molar refractivity (Wildman–Crippen MR) is 119 cm³/mol. The maximum Gasteiger partial charge on any atom is 0.234 e. The molecule has 3 aromatic rings. The van der Waals surface area contributed by atoms with E-state index in [-0.39, 0.29) is 5.91 Å². The number of amides is 1.